The summed E-state index contributed by atoms with van der Waals surface area (Å²) in [5.74, 6) is 0.411. The van der Waals surface area contributed by atoms with E-state index in [0.29, 0.717) is 11.5 Å². The molecule has 4 nitrogen and oxygen atoms in total. The number of aliphatic imine (C=N–C) groups is 1. The van der Waals surface area contributed by atoms with Crippen LogP contribution in [0.1, 0.15) is 25.0 Å². The van der Waals surface area contributed by atoms with Gasteiger partial charge in [0.05, 0.1) is 24.9 Å². The third kappa shape index (κ3) is 5.23. The predicted molar refractivity (Wildman–Crippen MR) is 141 cm³/mol. The molecular weight excluding hydrogens is 481 g/mol. The van der Waals surface area contributed by atoms with Crippen LogP contribution >= 0.6 is 0 Å². The highest BCUT2D eigenvalue weighted by molar-refractivity contribution is 6.88. The van der Waals surface area contributed by atoms with Crippen LogP contribution in [0.25, 0.3) is 16.8 Å². The second kappa shape index (κ2) is 9.24. The van der Waals surface area contributed by atoms with E-state index in [1.807, 2.05) is 56.3 Å². The maximum atomic E-state index is 13.1. The topological polar surface area (TPSA) is 41.9 Å². The first-order valence-electron chi connectivity index (χ1n) is 11.7. The van der Waals surface area contributed by atoms with Crippen molar-refractivity contribution in [2.45, 2.75) is 45.2 Å². The maximum absolute atomic E-state index is 13.1. The summed E-state index contributed by atoms with van der Waals surface area (Å²) in [6.45, 7) is 10.4. The van der Waals surface area contributed by atoms with E-state index in [-0.39, 0.29) is 6.61 Å². The van der Waals surface area contributed by atoms with Gasteiger partial charge < -0.3 is 4.74 Å². The van der Waals surface area contributed by atoms with Gasteiger partial charge in [-0.05, 0) is 59.6 Å². The van der Waals surface area contributed by atoms with E-state index in [4.69, 9.17) is 9.73 Å². The van der Waals surface area contributed by atoms with Gasteiger partial charge in [0, 0.05) is 0 Å². The van der Waals surface area contributed by atoms with Crippen LogP contribution in [0.15, 0.2) is 76.9 Å². The van der Waals surface area contributed by atoms with Crippen molar-refractivity contribution in [3.63, 3.8) is 0 Å². The molecule has 1 aliphatic rings. The molecule has 8 heteroatoms. The van der Waals surface area contributed by atoms with Gasteiger partial charge in [-0.1, -0.05) is 68.2 Å². The molecule has 1 saturated heterocycles. The summed E-state index contributed by atoms with van der Waals surface area (Å²) in [4.78, 5) is 19.3. The van der Waals surface area contributed by atoms with E-state index < -0.39 is 31.4 Å². The third-order valence-electron chi connectivity index (χ3n) is 6.15. The Hall–Kier alpha value is -3.39. The SMILES string of the molecule is CC1(C)COC(=O)N1C(=Nc1ccc(C(F)(F)F)cc1)/C(=C/c1cccc2ccccc12)[Si](C)(C)C. The van der Waals surface area contributed by atoms with Gasteiger partial charge in [-0.15, -0.1) is 0 Å². The minimum atomic E-state index is -4.44. The van der Waals surface area contributed by atoms with E-state index >= 15 is 0 Å². The van der Waals surface area contributed by atoms with Gasteiger partial charge in [-0.25, -0.2) is 9.79 Å². The number of ether oxygens (including phenoxy) is 1. The molecule has 0 aliphatic carbocycles. The van der Waals surface area contributed by atoms with Crippen LogP contribution in [0, 0.1) is 0 Å². The van der Waals surface area contributed by atoms with Gasteiger partial charge in [-0.2, -0.15) is 13.2 Å². The number of cyclic esters (lactones) is 1. The molecule has 0 saturated carbocycles. The number of rotatable bonds is 4. The normalized spacial score (nSPS) is 17.0. The number of carbonyl (C=O) groups excluding carboxylic acids is 1. The molecule has 1 amide bonds. The standard InChI is InChI=1S/C28H29F3N2O2Si/c1-27(2)18-35-26(34)33(27)25(32-22-15-13-21(14-16-22)28(29,30)31)24(36(3,4)5)17-20-11-8-10-19-9-6-7-12-23(19)20/h6-17H,18H2,1-5H3/b24-17-,32-25?. The largest absolute Gasteiger partial charge is 0.447 e. The average Bonchev–Trinajstić information content (AvgIpc) is 3.07. The van der Waals surface area contributed by atoms with E-state index in [0.717, 1.165) is 33.7 Å². The second-order valence-electron chi connectivity index (χ2n) is 10.6. The highest BCUT2D eigenvalue weighted by Gasteiger charge is 2.45. The Labute approximate surface area is 210 Å². The molecule has 36 heavy (non-hydrogen) atoms. The number of halogens is 3. The first-order chi connectivity index (χ1) is 16.8. The molecule has 0 aromatic heterocycles. The minimum Gasteiger partial charge on any atom is -0.447 e. The molecule has 0 spiro atoms. The second-order valence-corrected chi connectivity index (χ2v) is 15.6. The smallest absolute Gasteiger partial charge is 0.416 e. The molecule has 1 heterocycles. The Morgan fingerprint density at radius 1 is 1.00 bits per heavy atom. The molecule has 0 atom stereocenters. The van der Waals surface area contributed by atoms with E-state index in [9.17, 15) is 18.0 Å². The molecule has 1 aliphatic heterocycles. The lowest BCUT2D eigenvalue weighted by molar-refractivity contribution is -0.137. The molecule has 0 unspecified atom stereocenters. The number of nitrogens with zero attached hydrogens (tertiary/aromatic N) is 2. The quantitative estimate of drug-likeness (QED) is 0.202. The highest BCUT2D eigenvalue weighted by atomic mass is 28.3. The number of alkyl halides is 3. The van der Waals surface area contributed by atoms with Crippen molar-refractivity contribution < 1.29 is 22.7 Å². The molecule has 3 aromatic rings. The molecular formula is C28H29F3N2O2Si. The van der Waals surface area contributed by atoms with E-state index in [2.05, 4.69) is 25.7 Å². The van der Waals surface area contributed by atoms with Crippen LogP contribution in [-0.4, -0.2) is 37.0 Å². The Kier molecular flexibility index (Phi) is 6.59. The van der Waals surface area contributed by atoms with Gasteiger partial charge in [-0.3, -0.25) is 4.90 Å². The van der Waals surface area contributed by atoms with Gasteiger partial charge >= 0.3 is 12.3 Å². The minimum absolute atomic E-state index is 0.186. The van der Waals surface area contributed by atoms with Crippen LogP contribution in [0.5, 0.6) is 0 Å². The van der Waals surface area contributed by atoms with Crippen LogP contribution in [0.4, 0.5) is 23.7 Å². The van der Waals surface area contributed by atoms with Crippen LogP contribution in [-0.2, 0) is 10.9 Å². The first kappa shape index (κ1) is 25.7. The van der Waals surface area contributed by atoms with E-state index in [1.165, 1.54) is 12.1 Å². The maximum Gasteiger partial charge on any atom is 0.416 e. The van der Waals surface area contributed by atoms with Crippen molar-refractivity contribution in [1.82, 2.24) is 4.90 Å². The Morgan fingerprint density at radius 3 is 2.22 bits per heavy atom. The lowest BCUT2D eigenvalue weighted by atomic mass is 10.0. The number of hydrogen-bond acceptors (Lipinski definition) is 3. The predicted octanol–water partition coefficient (Wildman–Crippen LogP) is 8.08. The van der Waals surface area contributed by atoms with Crippen molar-refractivity contribution in [3.05, 3.63) is 83.1 Å². The lowest BCUT2D eigenvalue weighted by Gasteiger charge is -2.34. The number of amides is 1. The van der Waals surface area contributed by atoms with Gasteiger partial charge in [0.1, 0.15) is 12.4 Å². The van der Waals surface area contributed by atoms with Crippen LogP contribution < -0.4 is 0 Å². The Bertz CT molecular complexity index is 1350. The summed E-state index contributed by atoms with van der Waals surface area (Å²) < 4.78 is 44.8. The summed E-state index contributed by atoms with van der Waals surface area (Å²) in [6.07, 6.45) is -2.89. The number of fused-ring (bicyclic) bond motifs is 1. The summed E-state index contributed by atoms with van der Waals surface area (Å²) >= 11 is 0. The number of amidine groups is 1. The van der Waals surface area contributed by atoms with Crippen molar-refractivity contribution in [2.24, 2.45) is 4.99 Å². The molecule has 4 rings (SSSR count). The lowest BCUT2D eigenvalue weighted by Crippen LogP contribution is -2.49. The zero-order valence-electron chi connectivity index (χ0n) is 21.0. The summed E-state index contributed by atoms with van der Waals surface area (Å²) in [7, 11) is -2.17. The van der Waals surface area contributed by atoms with Crippen molar-refractivity contribution >= 4 is 42.5 Å². The van der Waals surface area contributed by atoms with Crippen molar-refractivity contribution in [2.75, 3.05) is 6.61 Å². The number of hydrogen-bond donors (Lipinski definition) is 0. The fourth-order valence-electron chi connectivity index (χ4n) is 4.21. The molecule has 188 valence electrons. The highest BCUT2D eigenvalue weighted by Crippen LogP contribution is 2.34. The van der Waals surface area contributed by atoms with Gasteiger partial charge in [0.2, 0.25) is 0 Å². The fourth-order valence-corrected chi connectivity index (χ4v) is 5.64. The third-order valence-corrected chi connectivity index (χ3v) is 8.13. The zero-order valence-corrected chi connectivity index (χ0v) is 22.0. The average molecular weight is 511 g/mol. The fraction of sp³-hybridized carbons (Fsp3) is 0.286. The Morgan fingerprint density at radius 2 is 1.64 bits per heavy atom. The van der Waals surface area contributed by atoms with Crippen LogP contribution in [0.2, 0.25) is 19.6 Å². The summed E-state index contributed by atoms with van der Waals surface area (Å²) in [5, 5.41) is 3.04. The molecule has 0 radical (unpaired) electrons. The van der Waals surface area contributed by atoms with Gasteiger partial charge in [0.15, 0.2) is 0 Å². The number of benzene rings is 3. The summed E-state index contributed by atoms with van der Waals surface area (Å²) in [5.41, 5.74) is -0.119. The molecule has 0 bridgehead atoms. The first-order valence-corrected chi connectivity index (χ1v) is 15.2. The molecule has 0 N–H and O–H groups in total. The summed E-state index contributed by atoms with van der Waals surface area (Å²) in [6, 6.07) is 18.8. The monoisotopic (exact) mass is 510 g/mol. The Balaban J connectivity index is 1.95. The van der Waals surface area contributed by atoms with Crippen molar-refractivity contribution in [3.8, 4) is 0 Å². The van der Waals surface area contributed by atoms with Gasteiger partial charge in [0.25, 0.3) is 0 Å². The van der Waals surface area contributed by atoms with Crippen LogP contribution in [0.3, 0.4) is 0 Å². The number of carbonyl (C=O) groups is 1. The van der Waals surface area contributed by atoms with E-state index in [1.54, 1.807) is 4.90 Å². The zero-order chi connectivity index (χ0) is 26.3. The molecule has 3 aromatic carbocycles. The van der Waals surface area contributed by atoms with Crippen molar-refractivity contribution in [1.29, 1.82) is 0 Å². The molecule has 1 fully saturated rings.